The Balaban J connectivity index is 1.42. The van der Waals surface area contributed by atoms with E-state index in [4.69, 9.17) is 21.1 Å². The number of allylic oxidation sites excluding steroid dienone is 1. The molecule has 0 spiro atoms. The molecule has 2 aromatic rings. The zero-order valence-corrected chi connectivity index (χ0v) is 34.2. The lowest BCUT2D eigenvalue weighted by Gasteiger charge is -2.40. The monoisotopic (exact) mass is 855 g/mol. The molecule has 58 heavy (non-hydrogen) atoms. The van der Waals surface area contributed by atoms with Gasteiger partial charge in [-0.15, -0.1) is 0 Å². The minimum atomic E-state index is -5.04. The summed E-state index contributed by atoms with van der Waals surface area (Å²) in [5.74, 6) is -4.40. The number of carboxylic acid groups (broad SMARTS) is 1. The number of sulfonamides is 1. The summed E-state index contributed by atoms with van der Waals surface area (Å²) in [6.07, 6.45) is -2.15. The Morgan fingerprint density at radius 1 is 1.17 bits per heavy atom. The second kappa shape index (κ2) is 16.7. The van der Waals surface area contributed by atoms with Crippen molar-refractivity contribution in [3.8, 4) is 11.8 Å². The van der Waals surface area contributed by atoms with E-state index in [-0.39, 0.29) is 48.4 Å². The highest BCUT2D eigenvalue weighted by Gasteiger charge is 2.62. The van der Waals surface area contributed by atoms with Gasteiger partial charge in [0.25, 0.3) is 5.91 Å². The van der Waals surface area contributed by atoms with Gasteiger partial charge in [-0.05, 0) is 75.8 Å². The van der Waals surface area contributed by atoms with E-state index in [1.165, 1.54) is 6.92 Å². The van der Waals surface area contributed by atoms with Crippen LogP contribution in [0.1, 0.15) is 79.1 Å². The van der Waals surface area contributed by atoms with Crippen LogP contribution in [-0.4, -0.2) is 106 Å². The van der Waals surface area contributed by atoms with Gasteiger partial charge in [0.1, 0.15) is 29.8 Å². The lowest BCUT2D eigenvalue weighted by atomic mass is 9.86. The number of aromatic nitrogens is 1. The first-order valence-electron chi connectivity index (χ1n) is 19.6. The molecular formula is C39H49ClF3N5O9S. The molecule has 8 atom stereocenters. The predicted molar refractivity (Wildman–Crippen MR) is 207 cm³/mol. The van der Waals surface area contributed by atoms with Crippen molar-refractivity contribution >= 4 is 56.2 Å². The van der Waals surface area contributed by atoms with Gasteiger partial charge in [0, 0.05) is 34.2 Å². The Morgan fingerprint density at radius 3 is 2.55 bits per heavy atom. The first-order valence-corrected chi connectivity index (χ1v) is 21.5. The average molecular weight is 856 g/mol. The predicted octanol–water partition coefficient (Wildman–Crippen LogP) is 5.82. The standard InChI is InChI=1S/C39H49ClF3N5O9S/c1-5-15-56-31-18-28-27(11-8-12-29(28)40)34(44-31)57-25-17-30-33(49)45-38(36(51)46-58(54,55)26-13-14-26)19-24(38)10-7-6-9-21(2)16-22(3)32(35(50)47(30)20-25)48(37(52)53)23(4)39(41,42)43/h7-8,10-12,18,21-26,30,32H,5-6,9,13-17,19-20H2,1-4H3,(H,45,49)(H,46,51)(H,52,53)/b10-7-/t21-,22+,23+,24+,25+,30-,32-,38+/m0/s1. The van der Waals surface area contributed by atoms with Crippen LogP contribution in [-0.2, 0) is 24.4 Å². The Labute approximate surface area is 339 Å². The van der Waals surface area contributed by atoms with Crippen molar-refractivity contribution < 1.29 is 55.3 Å². The lowest BCUT2D eigenvalue weighted by molar-refractivity contribution is -0.184. The maximum Gasteiger partial charge on any atom is 0.408 e. The largest absolute Gasteiger partial charge is 0.478 e. The fourth-order valence-corrected chi connectivity index (χ4v) is 9.66. The summed E-state index contributed by atoms with van der Waals surface area (Å²) in [7, 11) is -4.03. The number of carbonyl (C=O) groups excluding carboxylic acids is 3. The van der Waals surface area contributed by atoms with Crippen molar-refractivity contribution in [3.63, 3.8) is 0 Å². The maximum atomic E-state index is 14.9. The highest BCUT2D eigenvalue weighted by molar-refractivity contribution is 7.91. The van der Waals surface area contributed by atoms with Crippen LogP contribution in [0.2, 0.25) is 5.02 Å². The Bertz CT molecular complexity index is 2070. The normalized spacial score (nSPS) is 29.2. The number of ether oxygens (including phenoxy) is 2. The zero-order valence-electron chi connectivity index (χ0n) is 32.6. The summed E-state index contributed by atoms with van der Waals surface area (Å²) in [6.45, 7) is 5.86. The van der Waals surface area contributed by atoms with Crippen LogP contribution in [0.3, 0.4) is 0 Å². The average Bonchev–Trinajstić information content (AvgIpc) is 4.07. The molecule has 0 bridgehead atoms. The molecular weight excluding hydrogens is 807 g/mol. The van der Waals surface area contributed by atoms with Gasteiger partial charge in [0.05, 0.1) is 18.4 Å². The molecule has 2 aliphatic carbocycles. The number of fused-ring (bicyclic) bond motifs is 3. The van der Waals surface area contributed by atoms with Gasteiger partial charge in [-0.25, -0.2) is 13.2 Å². The van der Waals surface area contributed by atoms with Crippen LogP contribution in [0.4, 0.5) is 18.0 Å². The number of amides is 4. The van der Waals surface area contributed by atoms with Gasteiger partial charge in [0.15, 0.2) is 0 Å². The van der Waals surface area contributed by atoms with E-state index in [9.17, 15) is 45.9 Å². The Morgan fingerprint density at radius 2 is 1.90 bits per heavy atom. The maximum absolute atomic E-state index is 14.9. The van der Waals surface area contributed by atoms with E-state index in [1.54, 1.807) is 36.4 Å². The number of pyridine rings is 1. The van der Waals surface area contributed by atoms with E-state index >= 15 is 0 Å². The second-order valence-corrected chi connectivity index (χ2v) is 18.4. The molecule has 4 amide bonds. The highest BCUT2D eigenvalue weighted by atomic mass is 35.5. The first kappa shape index (κ1) is 43.3. The van der Waals surface area contributed by atoms with Crippen LogP contribution in [0.25, 0.3) is 10.8 Å². The second-order valence-electron chi connectivity index (χ2n) is 16.1. The summed E-state index contributed by atoms with van der Waals surface area (Å²) in [5, 5.41) is 13.7. The highest BCUT2D eigenvalue weighted by Crippen LogP contribution is 2.46. The molecule has 6 rings (SSSR count). The summed E-state index contributed by atoms with van der Waals surface area (Å²) in [6, 6.07) is 0.695. The molecule has 3 N–H and O–H groups in total. The first-order chi connectivity index (χ1) is 27.3. The van der Waals surface area contributed by atoms with Gasteiger partial charge in [-0.3, -0.25) is 24.0 Å². The molecule has 14 nitrogen and oxygen atoms in total. The fraction of sp³-hybridized carbons (Fsp3) is 0.615. The molecule has 1 aromatic carbocycles. The number of benzene rings is 1. The minimum absolute atomic E-state index is 0.0387. The molecule has 19 heteroatoms. The van der Waals surface area contributed by atoms with Crippen molar-refractivity contribution in [3.05, 3.63) is 41.4 Å². The number of hydrogen-bond donors (Lipinski definition) is 3. The molecule has 0 radical (unpaired) electrons. The lowest BCUT2D eigenvalue weighted by Crippen LogP contribution is -2.62. The minimum Gasteiger partial charge on any atom is -0.478 e. The molecule has 1 aromatic heterocycles. The van der Waals surface area contributed by atoms with Gasteiger partial charge in [-0.1, -0.05) is 50.6 Å². The van der Waals surface area contributed by atoms with Crippen LogP contribution < -0.4 is 19.5 Å². The van der Waals surface area contributed by atoms with Crippen molar-refractivity contribution in [2.45, 2.75) is 120 Å². The third-order valence-corrected chi connectivity index (χ3v) is 13.6. The molecule has 1 saturated heterocycles. The molecule has 3 fully saturated rings. The van der Waals surface area contributed by atoms with E-state index in [2.05, 4.69) is 15.0 Å². The molecule has 4 aliphatic rings. The van der Waals surface area contributed by atoms with Gasteiger partial charge >= 0.3 is 12.3 Å². The number of nitrogens with zero attached hydrogens (tertiary/aromatic N) is 3. The topological polar surface area (TPSA) is 185 Å². The van der Waals surface area contributed by atoms with Crippen LogP contribution in [0.5, 0.6) is 11.8 Å². The third-order valence-electron chi connectivity index (χ3n) is 11.5. The van der Waals surface area contributed by atoms with E-state index < -0.39 is 86.9 Å². The summed E-state index contributed by atoms with van der Waals surface area (Å²) in [5.41, 5.74) is -1.71. The van der Waals surface area contributed by atoms with Crippen LogP contribution in [0.15, 0.2) is 36.4 Å². The quantitative estimate of drug-likeness (QED) is 0.246. The number of halogens is 4. The van der Waals surface area contributed by atoms with Crippen LogP contribution >= 0.6 is 11.6 Å². The summed E-state index contributed by atoms with van der Waals surface area (Å²) < 4.78 is 83.1. The van der Waals surface area contributed by atoms with Crippen molar-refractivity contribution in [1.82, 2.24) is 24.8 Å². The Kier molecular flexibility index (Phi) is 12.5. The third kappa shape index (κ3) is 9.11. The van der Waals surface area contributed by atoms with E-state index in [0.717, 1.165) is 4.90 Å². The molecule has 318 valence electrons. The summed E-state index contributed by atoms with van der Waals surface area (Å²) >= 11 is 6.53. The molecule has 3 heterocycles. The smallest absolute Gasteiger partial charge is 0.408 e. The molecule has 2 aliphatic heterocycles. The summed E-state index contributed by atoms with van der Waals surface area (Å²) in [4.78, 5) is 61.6. The number of nitrogens with one attached hydrogen (secondary N) is 2. The number of carbonyl (C=O) groups is 4. The van der Waals surface area contributed by atoms with E-state index in [0.29, 0.717) is 61.4 Å². The van der Waals surface area contributed by atoms with Gasteiger partial charge in [0.2, 0.25) is 33.6 Å². The number of rotatable bonds is 10. The Hall–Kier alpha value is -4.32. The van der Waals surface area contributed by atoms with Gasteiger partial charge in [-0.2, -0.15) is 18.2 Å². The van der Waals surface area contributed by atoms with Crippen LogP contribution in [0, 0.1) is 17.8 Å². The number of hydrogen-bond acceptors (Lipinski definition) is 9. The van der Waals surface area contributed by atoms with E-state index in [1.807, 2.05) is 13.8 Å². The van der Waals surface area contributed by atoms with Crippen molar-refractivity contribution in [2.24, 2.45) is 17.8 Å². The zero-order chi connectivity index (χ0) is 42.3. The molecule has 2 saturated carbocycles. The number of alkyl halides is 3. The fourth-order valence-electron chi connectivity index (χ4n) is 8.07. The van der Waals surface area contributed by atoms with Gasteiger partial charge < -0.3 is 24.8 Å². The molecule has 0 unspecified atom stereocenters. The van der Waals surface area contributed by atoms with Crippen molar-refractivity contribution in [1.29, 1.82) is 0 Å². The van der Waals surface area contributed by atoms with Crippen molar-refractivity contribution in [2.75, 3.05) is 13.2 Å². The SMILES string of the molecule is CCCOc1cc2c(Cl)cccc2c(O[C@@H]2C[C@H]3C(=O)N[C@]4(C(=O)NS(=O)(=O)C5CC5)C[C@H]4/C=C\CC[C@H](C)C[C@@H](C)[C@H](N(C(=O)O)[C@H](C)C(F)(F)F)C(=O)N3C2)n1.